The Morgan fingerprint density at radius 3 is 2.40 bits per heavy atom. The first-order valence-electron chi connectivity index (χ1n) is 16.3. The molecule has 2 heterocycles. The van der Waals surface area contributed by atoms with Crippen molar-refractivity contribution >= 4 is 46.9 Å². The predicted molar refractivity (Wildman–Crippen MR) is 177 cm³/mol. The van der Waals surface area contributed by atoms with E-state index in [1.807, 2.05) is 6.08 Å². The van der Waals surface area contributed by atoms with Gasteiger partial charge in [0.2, 0.25) is 11.8 Å². The molecule has 258 valence electrons. The van der Waals surface area contributed by atoms with Gasteiger partial charge < -0.3 is 14.9 Å². The lowest BCUT2D eigenvalue weighted by molar-refractivity contribution is -0.142. The molecule has 13 heteroatoms. The van der Waals surface area contributed by atoms with Crippen molar-refractivity contribution in [2.24, 2.45) is 23.7 Å². The van der Waals surface area contributed by atoms with Gasteiger partial charge in [-0.05, 0) is 84.8 Å². The molecule has 3 aromatic carbocycles. The van der Waals surface area contributed by atoms with E-state index in [9.17, 15) is 28.7 Å². The highest BCUT2D eigenvalue weighted by molar-refractivity contribution is 6.30. The topological polar surface area (TPSA) is 154 Å². The molecule has 1 saturated carbocycles. The van der Waals surface area contributed by atoms with Crippen LogP contribution in [0.4, 0.5) is 10.1 Å². The molecule has 4 aliphatic rings. The lowest BCUT2D eigenvalue weighted by Gasteiger charge is -2.50. The van der Waals surface area contributed by atoms with Crippen LogP contribution in [0.1, 0.15) is 42.7 Å². The summed E-state index contributed by atoms with van der Waals surface area (Å²) in [5.41, 5.74) is 3.34. The summed E-state index contributed by atoms with van der Waals surface area (Å²) in [7, 11) is 1.39. The van der Waals surface area contributed by atoms with Gasteiger partial charge in [-0.25, -0.2) is 4.39 Å². The van der Waals surface area contributed by atoms with E-state index in [1.54, 1.807) is 36.4 Å². The highest BCUT2D eigenvalue weighted by atomic mass is 35.5. The number of phenols is 1. The van der Waals surface area contributed by atoms with Crippen molar-refractivity contribution in [1.82, 2.24) is 9.91 Å². The Bertz CT molecular complexity index is 1950. The van der Waals surface area contributed by atoms with Crippen molar-refractivity contribution < 1.29 is 43.3 Å². The SMILES string of the molecule is COc1cc(C2C3=CCC4C(=O)N(CCCC(=O)O)C(=O)C4C3CC3C(=O)N(Nc4ccc(F)cc4)C(=O)C32c2ccc(Cl)cc2)ccc1O. The molecular formula is C37H33ClFN3O8. The zero-order chi connectivity index (χ0) is 35.5. The molecule has 2 aliphatic carbocycles. The second kappa shape index (κ2) is 12.6. The van der Waals surface area contributed by atoms with E-state index in [0.717, 1.165) is 9.91 Å². The van der Waals surface area contributed by atoms with E-state index in [4.69, 9.17) is 21.4 Å². The van der Waals surface area contributed by atoms with E-state index >= 15 is 4.79 Å². The molecule has 4 amide bonds. The number of carboxylic acid groups (broad SMARTS) is 1. The number of likely N-dealkylation sites (tertiary alicyclic amines) is 1. The number of rotatable bonds is 9. The molecule has 2 saturated heterocycles. The summed E-state index contributed by atoms with van der Waals surface area (Å²) >= 11 is 6.32. The van der Waals surface area contributed by atoms with Crippen LogP contribution in [0.25, 0.3) is 0 Å². The third-order valence-electron chi connectivity index (χ3n) is 10.7. The van der Waals surface area contributed by atoms with Gasteiger partial charge in [0.15, 0.2) is 11.5 Å². The summed E-state index contributed by atoms with van der Waals surface area (Å²) in [4.78, 5) is 69.8. The van der Waals surface area contributed by atoms with Gasteiger partial charge in [0, 0.05) is 23.9 Å². The lowest BCUT2D eigenvalue weighted by atomic mass is 9.49. The number of hydrogen-bond acceptors (Lipinski definition) is 8. The zero-order valence-corrected chi connectivity index (χ0v) is 27.6. The Labute approximate surface area is 291 Å². The number of benzene rings is 3. The Balaban J connectivity index is 1.41. The molecule has 3 N–H and O–H groups in total. The lowest BCUT2D eigenvalue weighted by Crippen LogP contribution is -2.53. The van der Waals surface area contributed by atoms with Crippen LogP contribution in [-0.2, 0) is 29.4 Å². The Morgan fingerprint density at radius 2 is 1.72 bits per heavy atom. The summed E-state index contributed by atoms with van der Waals surface area (Å²) in [5.74, 6) is -7.59. The number of nitrogens with one attached hydrogen (secondary N) is 1. The smallest absolute Gasteiger partial charge is 0.303 e. The van der Waals surface area contributed by atoms with Crippen LogP contribution < -0.4 is 10.2 Å². The van der Waals surface area contributed by atoms with Crippen molar-refractivity contribution in [3.05, 3.63) is 100 Å². The minimum Gasteiger partial charge on any atom is -0.504 e. The van der Waals surface area contributed by atoms with E-state index in [-0.39, 0.29) is 49.6 Å². The highest BCUT2D eigenvalue weighted by Gasteiger charge is 2.70. The summed E-state index contributed by atoms with van der Waals surface area (Å²) < 4.78 is 19.3. The van der Waals surface area contributed by atoms with Gasteiger partial charge in [0.25, 0.3) is 11.8 Å². The fourth-order valence-corrected chi connectivity index (χ4v) is 8.70. The van der Waals surface area contributed by atoms with E-state index in [2.05, 4.69) is 5.43 Å². The number of aliphatic carboxylic acids is 1. The summed E-state index contributed by atoms with van der Waals surface area (Å²) in [5, 5.41) is 21.1. The Kier molecular flexibility index (Phi) is 8.37. The van der Waals surface area contributed by atoms with Gasteiger partial charge in [-0.2, -0.15) is 5.01 Å². The molecule has 2 aliphatic heterocycles. The molecule has 3 aromatic rings. The number of methoxy groups -OCH3 is 1. The number of carbonyl (C=O) groups is 5. The number of carbonyl (C=O) groups excluding carboxylic acids is 4. The average molecular weight is 702 g/mol. The third-order valence-corrected chi connectivity index (χ3v) is 10.9. The van der Waals surface area contributed by atoms with E-state index in [0.29, 0.717) is 27.4 Å². The molecule has 0 aromatic heterocycles. The maximum atomic E-state index is 15.1. The number of carboxylic acids is 1. The number of phenolic OH excluding ortho intramolecular Hbond substituents is 1. The molecule has 11 nitrogen and oxygen atoms in total. The maximum absolute atomic E-state index is 15.1. The van der Waals surface area contributed by atoms with Gasteiger partial charge >= 0.3 is 5.97 Å². The van der Waals surface area contributed by atoms with E-state index < -0.39 is 64.5 Å². The number of anilines is 1. The minimum atomic E-state index is -1.58. The number of halogens is 2. The van der Waals surface area contributed by atoms with Gasteiger partial charge in [0.05, 0.1) is 36.0 Å². The monoisotopic (exact) mass is 701 g/mol. The summed E-state index contributed by atoms with van der Waals surface area (Å²) in [6.45, 7) is -0.0392. The standard InChI is InChI=1S/C37H33ClFN3O8/c1-50-29-17-19(4-15-28(29)43)32-24-13-14-25-31(35(48)41(33(25)46)16-2-3-30(44)45)26(24)18-27-34(47)42(40-23-11-9-22(39)10-12-23)36(49)37(27,32)20-5-7-21(38)8-6-20/h4-13,15,17,25-27,31-32,40,43H,2-3,14,16,18H2,1H3,(H,44,45). The number of aromatic hydroxyl groups is 1. The van der Waals surface area contributed by atoms with Gasteiger partial charge in [-0.1, -0.05) is 41.4 Å². The fourth-order valence-electron chi connectivity index (χ4n) is 8.58. The van der Waals surface area contributed by atoms with Crippen LogP contribution >= 0.6 is 11.6 Å². The van der Waals surface area contributed by atoms with Gasteiger partial charge in [-0.15, -0.1) is 0 Å². The molecule has 6 unspecified atom stereocenters. The second-order valence-corrected chi connectivity index (χ2v) is 13.6. The first-order valence-corrected chi connectivity index (χ1v) is 16.7. The normalized spacial score (nSPS) is 27.1. The number of hydrazine groups is 1. The van der Waals surface area contributed by atoms with E-state index in [1.165, 1.54) is 37.4 Å². The molecule has 0 bridgehead atoms. The van der Waals surface area contributed by atoms with Crippen molar-refractivity contribution in [3.63, 3.8) is 0 Å². The Morgan fingerprint density at radius 1 is 1.00 bits per heavy atom. The predicted octanol–water partition coefficient (Wildman–Crippen LogP) is 5.04. The Hall–Kier alpha value is -5.23. The quantitative estimate of drug-likeness (QED) is 0.206. The molecule has 6 atom stereocenters. The van der Waals surface area contributed by atoms with Crippen molar-refractivity contribution in [1.29, 1.82) is 0 Å². The molecule has 0 radical (unpaired) electrons. The third kappa shape index (κ3) is 5.12. The number of imide groups is 2. The highest BCUT2D eigenvalue weighted by Crippen LogP contribution is 2.64. The fraction of sp³-hybridized carbons (Fsp3) is 0.324. The number of fused-ring (bicyclic) bond motifs is 4. The van der Waals surface area contributed by atoms with Crippen molar-refractivity contribution in [2.45, 2.75) is 37.0 Å². The molecule has 7 rings (SSSR count). The molecule has 50 heavy (non-hydrogen) atoms. The zero-order valence-electron chi connectivity index (χ0n) is 26.8. The molecule has 0 spiro atoms. The maximum Gasteiger partial charge on any atom is 0.303 e. The number of nitrogens with zero attached hydrogens (tertiary/aromatic N) is 2. The van der Waals surface area contributed by atoms with Gasteiger partial charge in [-0.3, -0.25) is 34.3 Å². The number of hydrogen-bond donors (Lipinski definition) is 3. The number of ether oxygens (including phenoxy) is 1. The van der Waals surface area contributed by atoms with Gasteiger partial charge in [0.1, 0.15) is 5.82 Å². The summed E-state index contributed by atoms with van der Waals surface area (Å²) in [6.07, 6.45) is 2.04. The molecule has 3 fully saturated rings. The number of amides is 4. The minimum absolute atomic E-state index is 0.0392. The van der Waals surface area contributed by atoms with Crippen LogP contribution in [-0.4, -0.2) is 63.4 Å². The van der Waals surface area contributed by atoms with Crippen molar-refractivity contribution in [2.75, 3.05) is 19.1 Å². The second-order valence-electron chi connectivity index (χ2n) is 13.1. The largest absolute Gasteiger partial charge is 0.504 e. The van der Waals surface area contributed by atoms with Crippen LogP contribution in [0.5, 0.6) is 11.5 Å². The first kappa shape index (κ1) is 33.3. The van der Waals surface area contributed by atoms with Crippen LogP contribution in [0.15, 0.2) is 78.4 Å². The van der Waals surface area contributed by atoms with Crippen LogP contribution in [0, 0.1) is 29.5 Å². The summed E-state index contributed by atoms with van der Waals surface area (Å²) in [6, 6.07) is 16.6. The van der Waals surface area contributed by atoms with Crippen LogP contribution in [0.2, 0.25) is 5.02 Å². The van der Waals surface area contributed by atoms with Crippen LogP contribution in [0.3, 0.4) is 0 Å². The van der Waals surface area contributed by atoms with Crippen molar-refractivity contribution in [3.8, 4) is 11.5 Å². The first-order chi connectivity index (χ1) is 24.0. The molecular weight excluding hydrogens is 669 g/mol. The number of allylic oxidation sites excluding steroid dienone is 2. The average Bonchev–Trinajstić information content (AvgIpc) is 3.47.